The highest BCUT2D eigenvalue weighted by Crippen LogP contribution is 2.21. The normalized spacial score (nSPS) is 19.6. The predicted molar refractivity (Wildman–Crippen MR) is 71.6 cm³/mol. The van der Waals surface area contributed by atoms with E-state index in [-0.39, 0.29) is 5.78 Å². The second-order valence-corrected chi connectivity index (χ2v) is 5.00. The summed E-state index contributed by atoms with van der Waals surface area (Å²) in [4.78, 5) is 12.5. The molecule has 3 nitrogen and oxygen atoms in total. The maximum Gasteiger partial charge on any atom is 0.190 e. The Balaban J connectivity index is 2.26. The fraction of sp³-hybridized carbons (Fsp3) is 0.533. The number of allylic oxidation sites excluding steroid dienone is 2. The monoisotopic (exact) mass is 244 g/mol. The van der Waals surface area contributed by atoms with Crippen LogP contribution in [0.5, 0.6) is 0 Å². The molecule has 1 aromatic heterocycles. The Morgan fingerprint density at radius 2 is 1.89 bits per heavy atom. The number of Topliss-reactive ketones (excluding diaryl/α,β-unsaturated/α-hetero) is 1. The fourth-order valence-corrected chi connectivity index (χ4v) is 2.35. The molecule has 0 spiro atoms. The average molecular weight is 244 g/mol. The molecular weight excluding hydrogens is 224 g/mol. The summed E-state index contributed by atoms with van der Waals surface area (Å²) in [5.41, 5.74) is 3.21. The van der Waals surface area contributed by atoms with Gasteiger partial charge in [-0.25, -0.2) is 0 Å². The van der Waals surface area contributed by atoms with Crippen molar-refractivity contribution >= 4 is 5.78 Å². The van der Waals surface area contributed by atoms with Gasteiger partial charge in [-0.2, -0.15) is 10.2 Å². The van der Waals surface area contributed by atoms with E-state index in [0.717, 1.165) is 36.2 Å². The van der Waals surface area contributed by atoms with Gasteiger partial charge in [0.2, 0.25) is 0 Å². The lowest BCUT2D eigenvalue weighted by Crippen LogP contribution is -2.09. The largest absolute Gasteiger partial charge is 0.289 e. The van der Waals surface area contributed by atoms with Crippen LogP contribution in [-0.4, -0.2) is 16.0 Å². The first kappa shape index (κ1) is 12.9. The topological polar surface area (TPSA) is 42.9 Å². The summed E-state index contributed by atoms with van der Waals surface area (Å²) >= 11 is 0. The molecule has 3 heteroatoms. The second-order valence-electron chi connectivity index (χ2n) is 5.00. The molecule has 1 aromatic rings. The number of aryl methyl sites for hydroxylation is 2. The predicted octanol–water partition coefficient (Wildman–Crippen LogP) is 3.56. The fourth-order valence-electron chi connectivity index (χ4n) is 2.35. The first-order valence-electron chi connectivity index (χ1n) is 6.73. The number of hydrogen-bond acceptors (Lipinski definition) is 3. The molecule has 0 fully saturated rings. The molecule has 1 heterocycles. The van der Waals surface area contributed by atoms with Gasteiger partial charge in [0, 0.05) is 5.56 Å². The van der Waals surface area contributed by atoms with E-state index in [1.165, 1.54) is 19.3 Å². The molecule has 2 rings (SSSR count). The van der Waals surface area contributed by atoms with Crippen molar-refractivity contribution in [1.82, 2.24) is 10.2 Å². The number of carbonyl (C=O) groups is 1. The Bertz CT molecular complexity index is 477. The summed E-state index contributed by atoms with van der Waals surface area (Å²) in [6.07, 6.45) is 8.88. The van der Waals surface area contributed by atoms with Gasteiger partial charge in [-0.3, -0.25) is 4.79 Å². The van der Waals surface area contributed by atoms with Crippen LogP contribution in [0.25, 0.3) is 0 Å². The molecule has 1 aliphatic rings. The van der Waals surface area contributed by atoms with Crippen LogP contribution in [0.1, 0.15) is 60.3 Å². The van der Waals surface area contributed by atoms with Crippen LogP contribution >= 0.6 is 0 Å². The molecule has 0 amide bonds. The Hall–Kier alpha value is -1.51. The lowest BCUT2D eigenvalue weighted by atomic mass is 9.93. The molecule has 96 valence electrons. The van der Waals surface area contributed by atoms with Gasteiger partial charge in [-0.15, -0.1) is 0 Å². The van der Waals surface area contributed by atoms with E-state index in [4.69, 9.17) is 0 Å². The molecule has 1 aliphatic carbocycles. The second kappa shape index (κ2) is 5.89. The summed E-state index contributed by atoms with van der Waals surface area (Å²) in [5, 5.41) is 8.02. The highest BCUT2D eigenvalue weighted by atomic mass is 16.1. The molecular formula is C15H20N2O. The minimum Gasteiger partial charge on any atom is -0.289 e. The highest BCUT2D eigenvalue weighted by Gasteiger charge is 2.16. The number of carbonyl (C=O) groups excluding carboxylic acids is 1. The standard InChI is InChI=1S/C15H20N2O/c1-11-10-14(12(2)17-16-11)15(18)13-8-6-4-3-5-7-9-13/h8,10H,3-7,9H2,1-2H3/b13-8+. The van der Waals surface area contributed by atoms with Crippen molar-refractivity contribution in [2.75, 3.05) is 0 Å². The molecule has 0 saturated carbocycles. The van der Waals surface area contributed by atoms with Crippen molar-refractivity contribution in [1.29, 1.82) is 0 Å². The number of rotatable bonds is 2. The Labute approximate surface area is 108 Å². The van der Waals surface area contributed by atoms with E-state index in [2.05, 4.69) is 16.3 Å². The van der Waals surface area contributed by atoms with Gasteiger partial charge in [-0.1, -0.05) is 18.9 Å². The van der Waals surface area contributed by atoms with E-state index in [0.29, 0.717) is 5.56 Å². The van der Waals surface area contributed by atoms with E-state index in [1.807, 2.05) is 19.9 Å². The zero-order valence-electron chi connectivity index (χ0n) is 11.2. The van der Waals surface area contributed by atoms with E-state index < -0.39 is 0 Å². The number of aromatic nitrogens is 2. The summed E-state index contributed by atoms with van der Waals surface area (Å²) in [5.74, 6) is 0.146. The number of hydrogen-bond donors (Lipinski definition) is 0. The maximum absolute atomic E-state index is 12.5. The van der Waals surface area contributed by atoms with Crippen LogP contribution in [0.4, 0.5) is 0 Å². The molecule has 0 aromatic carbocycles. The first-order chi connectivity index (χ1) is 8.68. The number of nitrogens with zero attached hydrogens (tertiary/aromatic N) is 2. The van der Waals surface area contributed by atoms with Crippen molar-refractivity contribution in [3.8, 4) is 0 Å². The minimum atomic E-state index is 0.146. The highest BCUT2D eigenvalue weighted by molar-refractivity contribution is 6.09. The third kappa shape index (κ3) is 3.03. The number of ketones is 1. The zero-order valence-corrected chi connectivity index (χ0v) is 11.2. The summed E-state index contributed by atoms with van der Waals surface area (Å²) < 4.78 is 0. The van der Waals surface area contributed by atoms with Crippen LogP contribution in [0.3, 0.4) is 0 Å². The smallest absolute Gasteiger partial charge is 0.190 e. The molecule has 0 atom stereocenters. The van der Waals surface area contributed by atoms with Crippen LogP contribution < -0.4 is 0 Å². The molecule has 0 saturated heterocycles. The van der Waals surface area contributed by atoms with Crippen molar-refractivity contribution in [2.24, 2.45) is 0 Å². The van der Waals surface area contributed by atoms with Gasteiger partial charge in [0.15, 0.2) is 5.78 Å². The van der Waals surface area contributed by atoms with Crippen LogP contribution in [-0.2, 0) is 0 Å². The maximum atomic E-state index is 12.5. The summed E-state index contributed by atoms with van der Waals surface area (Å²) in [6, 6.07) is 1.85. The molecule has 0 aliphatic heterocycles. The molecule has 0 radical (unpaired) electrons. The van der Waals surface area contributed by atoms with Gasteiger partial charge >= 0.3 is 0 Å². The van der Waals surface area contributed by atoms with Gasteiger partial charge < -0.3 is 0 Å². The minimum absolute atomic E-state index is 0.146. The van der Waals surface area contributed by atoms with Gasteiger partial charge in [-0.05, 0) is 51.2 Å². The first-order valence-corrected chi connectivity index (χ1v) is 6.73. The Morgan fingerprint density at radius 1 is 1.11 bits per heavy atom. The van der Waals surface area contributed by atoms with Gasteiger partial charge in [0.05, 0.1) is 11.4 Å². The van der Waals surface area contributed by atoms with Crippen molar-refractivity contribution in [3.05, 3.63) is 34.7 Å². The van der Waals surface area contributed by atoms with Gasteiger partial charge in [0.25, 0.3) is 0 Å². The third-order valence-corrected chi connectivity index (χ3v) is 3.43. The molecule has 18 heavy (non-hydrogen) atoms. The SMILES string of the molecule is Cc1cc(C(=O)/C2=C/CCCCCC2)c(C)nn1. The Kier molecular flexibility index (Phi) is 4.24. The van der Waals surface area contributed by atoms with E-state index in [9.17, 15) is 4.79 Å². The van der Waals surface area contributed by atoms with Crippen molar-refractivity contribution in [3.63, 3.8) is 0 Å². The van der Waals surface area contributed by atoms with Crippen molar-refractivity contribution < 1.29 is 4.79 Å². The van der Waals surface area contributed by atoms with Crippen LogP contribution in [0.15, 0.2) is 17.7 Å². The molecule has 0 bridgehead atoms. The average Bonchev–Trinajstić information content (AvgIpc) is 2.31. The van der Waals surface area contributed by atoms with E-state index in [1.54, 1.807) is 0 Å². The lowest BCUT2D eigenvalue weighted by Gasteiger charge is -2.11. The summed E-state index contributed by atoms with van der Waals surface area (Å²) in [7, 11) is 0. The molecule has 0 unspecified atom stereocenters. The van der Waals surface area contributed by atoms with Crippen LogP contribution in [0, 0.1) is 13.8 Å². The van der Waals surface area contributed by atoms with Crippen LogP contribution in [0.2, 0.25) is 0 Å². The van der Waals surface area contributed by atoms with E-state index >= 15 is 0 Å². The Morgan fingerprint density at radius 3 is 2.72 bits per heavy atom. The van der Waals surface area contributed by atoms with Crippen molar-refractivity contribution in [2.45, 2.75) is 52.4 Å². The zero-order chi connectivity index (χ0) is 13.0. The quantitative estimate of drug-likeness (QED) is 0.747. The summed E-state index contributed by atoms with van der Waals surface area (Å²) in [6.45, 7) is 3.72. The van der Waals surface area contributed by atoms with Gasteiger partial charge in [0.1, 0.15) is 0 Å². The molecule has 0 N–H and O–H groups in total. The third-order valence-electron chi connectivity index (χ3n) is 3.43. The lowest BCUT2D eigenvalue weighted by molar-refractivity contribution is 0.102.